The molecule has 1 heterocycles. The number of H-pyrrole nitrogens is 1. The third kappa shape index (κ3) is 3.13. The van der Waals surface area contributed by atoms with Crippen molar-refractivity contribution in [2.75, 3.05) is 13.8 Å². The van der Waals surface area contributed by atoms with E-state index in [0.29, 0.717) is 11.3 Å². The summed E-state index contributed by atoms with van der Waals surface area (Å²) in [6.45, 7) is -1.15. The molecule has 0 radical (unpaired) electrons. The molecule has 6 nitrogen and oxygen atoms in total. The highest BCUT2D eigenvalue weighted by Crippen LogP contribution is 2.28. The number of carbonyl (C=O) groups excluding carboxylic acids is 1. The van der Waals surface area contributed by atoms with Crippen molar-refractivity contribution in [3.8, 4) is 5.75 Å². The first-order valence-corrected chi connectivity index (χ1v) is 6.28. The Hall–Kier alpha value is -2.57. The van der Waals surface area contributed by atoms with Gasteiger partial charge < -0.3 is 20.1 Å². The van der Waals surface area contributed by atoms with Gasteiger partial charge in [-0.1, -0.05) is 6.07 Å². The van der Waals surface area contributed by atoms with Crippen molar-refractivity contribution in [1.29, 1.82) is 0 Å². The number of aliphatic carboxylic acids is 1. The predicted octanol–water partition coefficient (Wildman–Crippen LogP) is 1.26. The number of aromatic nitrogens is 1. The second-order valence-corrected chi connectivity index (χ2v) is 4.49. The molecule has 1 unspecified atom stereocenters. The Kier molecular flexibility index (Phi) is 4.42. The Morgan fingerprint density at radius 2 is 2.24 bits per heavy atom. The molecule has 1 amide bonds. The van der Waals surface area contributed by atoms with E-state index >= 15 is 0 Å². The number of carbonyl (C=O) groups is 2. The Morgan fingerprint density at radius 3 is 2.86 bits per heavy atom. The van der Waals surface area contributed by atoms with Gasteiger partial charge in [0.2, 0.25) is 5.91 Å². The molecule has 0 saturated carbocycles. The van der Waals surface area contributed by atoms with E-state index in [4.69, 9.17) is 9.84 Å². The zero-order valence-corrected chi connectivity index (χ0v) is 11.4. The van der Waals surface area contributed by atoms with Crippen LogP contribution in [0.2, 0.25) is 0 Å². The molecule has 3 N–H and O–H groups in total. The summed E-state index contributed by atoms with van der Waals surface area (Å²) >= 11 is 0. The van der Waals surface area contributed by atoms with Crippen LogP contribution in [-0.2, 0) is 16.0 Å². The van der Waals surface area contributed by atoms with Gasteiger partial charge in [-0.05, 0) is 17.7 Å². The number of carboxylic acid groups (broad SMARTS) is 1. The molecular weight excluding hydrogens is 279 g/mol. The van der Waals surface area contributed by atoms with E-state index in [1.807, 2.05) is 12.1 Å². The van der Waals surface area contributed by atoms with Gasteiger partial charge in [-0.3, -0.25) is 4.79 Å². The number of rotatable bonds is 6. The third-order valence-corrected chi connectivity index (χ3v) is 3.11. The van der Waals surface area contributed by atoms with Gasteiger partial charge in [-0.2, -0.15) is 0 Å². The van der Waals surface area contributed by atoms with Crippen molar-refractivity contribution in [2.24, 2.45) is 0 Å². The smallest absolute Gasteiger partial charge is 0.328 e. The monoisotopic (exact) mass is 294 g/mol. The van der Waals surface area contributed by atoms with E-state index in [1.165, 1.54) is 7.11 Å². The maximum Gasteiger partial charge on any atom is 0.328 e. The van der Waals surface area contributed by atoms with Gasteiger partial charge in [0.1, 0.15) is 12.4 Å². The molecule has 0 spiro atoms. The molecule has 0 saturated heterocycles. The van der Waals surface area contributed by atoms with E-state index in [9.17, 15) is 14.0 Å². The fourth-order valence-corrected chi connectivity index (χ4v) is 2.11. The van der Waals surface area contributed by atoms with Gasteiger partial charge in [0, 0.05) is 17.1 Å². The van der Waals surface area contributed by atoms with E-state index in [-0.39, 0.29) is 6.42 Å². The molecule has 1 aromatic heterocycles. The summed E-state index contributed by atoms with van der Waals surface area (Å²) in [6.07, 6.45) is 1.59. The summed E-state index contributed by atoms with van der Waals surface area (Å²) in [5.41, 5.74) is 1.46. The number of amides is 1. The molecule has 1 aromatic carbocycles. The van der Waals surface area contributed by atoms with Crippen LogP contribution in [-0.4, -0.2) is 41.8 Å². The summed E-state index contributed by atoms with van der Waals surface area (Å²) in [6, 6.07) is 3.88. The van der Waals surface area contributed by atoms with Crippen molar-refractivity contribution in [3.63, 3.8) is 0 Å². The first-order valence-electron chi connectivity index (χ1n) is 6.28. The minimum absolute atomic E-state index is 0.0653. The van der Waals surface area contributed by atoms with Gasteiger partial charge >= 0.3 is 5.97 Å². The third-order valence-electron chi connectivity index (χ3n) is 3.11. The summed E-state index contributed by atoms with van der Waals surface area (Å²) < 4.78 is 17.7. The number of fused-ring (bicyclic) bond motifs is 1. The van der Waals surface area contributed by atoms with Crippen molar-refractivity contribution >= 4 is 22.8 Å². The highest BCUT2D eigenvalue weighted by molar-refractivity contribution is 5.94. The lowest BCUT2D eigenvalue weighted by molar-refractivity contribution is -0.142. The number of aromatic amines is 1. The number of ether oxygens (including phenoxy) is 1. The maximum atomic E-state index is 12.5. The molecule has 21 heavy (non-hydrogen) atoms. The zero-order chi connectivity index (χ0) is 15.4. The van der Waals surface area contributed by atoms with Gasteiger partial charge in [-0.15, -0.1) is 0 Å². The van der Waals surface area contributed by atoms with E-state index in [1.54, 1.807) is 12.3 Å². The lowest BCUT2D eigenvalue weighted by Gasteiger charge is -2.10. The Morgan fingerprint density at radius 1 is 1.48 bits per heavy atom. The van der Waals surface area contributed by atoms with E-state index in [0.717, 1.165) is 10.9 Å². The summed E-state index contributed by atoms with van der Waals surface area (Å²) in [4.78, 5) is 25.5. The van der Waals surface area contributed by atoms with Crippen LogP contribution in [0.5, 0.6) is 5.75 Å². The fraction of sp³-hybridized carbons (Fsp3) is 0.286. The first-order chi connectivity index (χ1) is 10.1. The van der Waals surface area contributed by atoms with Crippen LogP contribution < -0.4 is 10.1 Å². The van der Waals surface area contributed by atoms with Crippen LogP contribution in [0.1, 0.15) is 5.56 Å². The number of methoxy groups -OCH3 is 1. The highest BCUT2D eigenvalue weighted by Gasteiger charge is 2.20. The molecule has 7 heteroatoms. The summed E-state index contributed by atoms with van der Waals surface area (Å²) in [5, 5.41) is 11.6. The molecule has 0 aliphatic carbocycles. The second kappa shape index (κ2) is 6.25. The zero-order valence-electron chi connectivity index (χ0n) is 11.4. The van der Waals surface area contributed by atoms with Crippen LogP contribution in [0.4, 0.5) is 4.39 Å². The number of hydrogen-bond donors (Lipinski definition) is 3. The number of carboxylic acids is 1. The average molecular weight is 294 g/mol. The molecule has 2 rings (SSSR count). The second-order valence-electron chi connectivity index (χ2n) is 4.49. The lowest BCUT2D eigenvalue weighted by atomic mass is 10.1. The molecule has 0 fully saturated rings. The van der Waals surface area contributed by atoms with E-state index in [2.05, 4.69) is 10.3 Å². The molecular formula is C14H15FN2O4. The molecule has 0 aliphatic heterocycles. The Labute approximate surface area is 119 Å². The highest BCUT2D eigenvalue weighted by atomic mass is 19.1. The SMILES string of the molecule is COc1cccc2[nH]cc(CC(=O)NC(CF)C(=O)O)c12. The minimum atomic E-state index is -1.52. The number of halogens is 1. The molecule has 112 valence electrons. The Balaban J connectivity index is 2.20. The van der Waals surface area contributed by atoms with Crippen LogP contribution in [0, 0.1) is 0 Å². The van der Waals surface area contributed by atoms with Gasteiger partial charge in [0.25, 0.3) is 0 Å². The van der Waals surface area contributed by atoms with Crippen LogP contribution >= 0.6 is 0 Å². The summed E-state index contributed by atoms with van der Waals surface area (Å²) in [7, 11) is 1.52. The lowest BCUT2D eigenvalue weighted by Crippen LogP contribution is -2.42. The van der Waals surface area contributed by atoms with Crippen molar-refractivity contribution in [1.82, 2.24) is 10.3 Å². The van der Waals surface area contributed by atoms with Crippen molar-refractivity contribution < 1.29 is 23.8 Å². The van der Waals surface area contributed by atoms with Crippen LogP contribution in [0.15, 0.2) is 24.4 Å². The fourth-order valence-electron chi connectivity index (χ4n) is 2.11. The van der Waals surface area contributed by atoms with E-state index < -0.39 is 24.6 Å². The topological polar surface area (TPSA) is 91.4 Å². The number of hydrogen-bond acceptors (Lipinski definition) is 3. The largest absolute Gasteiger partial charge is 0.496 e. The van der Waals surface area contributed by atoms with Crippen LogP contribution in [0.3, 0.4) is 0 Å². The quantitative estimate of drug-likeness (QED) is 0.748. The number of benzene rings is 1. The van der Waals surface area contributed by atoms with Gasteiger partial charge in [-0.25, -0.2) is 9.18 Å². The standard InChI is InChI=1S/C14H15FN2O4/c1-21-11-4-2-3-9-13(11)8(7-16-9)5-12(18)17-10(6-15)14(19)20/h2-4,7,10,16H,5-6H2,1H3,(H,17,18)(H,19,20). The van der Waals surface area contributed by atoms with Gasteiger partial charge in [0.05, 0.1) is 13.5 Å². The van der Waals surface area contributed by atoms with Crippen molar-refractivity contribution in [3.05, 3.63) is 30.0 Å². The minimum Gasteiger partial charge on any atom is -0.496 e. The Bertz CT molecular complexity index is 668. The van der Waals surface area contributed by atoms with Crippen LogP contribution in [0.25, 0.3) is 10.9 Å². The molecule has 1 atom stereocenters. The molecule has 0 aliphatic rings. The first kappa shape index (κ1) is 14.8. The maximum absolute atomic E-state index is 12.5. The average Bonchev–Trinajstić information content (AvgIpc) is 2.87. The normalized spacial score (nSPS) is 12.1. The molecule has 2 aromatic rings. The number of alkyl halides is 1. The number of nitrogens with one attached hydrogen (secondary N) is 2. The summed E-state index contributed by atoms with van der Waals surface area (Å²) in [5.74, 6) is -1.36. The predicted molar refractivity (Wildman–Crippen MR) is 74.1 cm³/mol. The van der Waals surface area contributed by atoms with Crippen molar-refractivity contribution in [2.45, 2.75) is 12.5 Å². The van der Waals surface area contributed by atoms with Gasteiger partial charge in [0.15, 0.2) is 6.04 Å². The molecule has 0 bridgehead atoms.